The first kappa shape index (κ1) is 14.1. The highest BCUT2D eigenvalue weighted by Gasteiger charge is 2.11. The van der Waals surface area contributed by atoms with Crippen molar-refractivity contribution in [1.29, 1.82) is 0 Å². The summed E-state index contributed by atoms with van der Waals surface area (Å²) in [6.07, 6.45) is 0. The van der Waals surface area contributed by atoms with E-state index < -0.39 is 0 Å². The molecule has 0 bridgehead atoms. The number of rotatable bonds is 1. The summed E-state index contributed by atoms with van der Waals surface area (Å²) in [6, 6.07) is 27.4. The highest BCUT2D eigenvalue weighted by molar-refractivity contribution is 6.14. The SMILES string of the molecule is Fc1ccc2c(c1)c(-c1ccccc1)cc1cc3ccccc3nc12. The van der Waals surface area contributed by atoms with Crippen molar-refractivity contribution in [2.45, 2.75) is 0 Å². The third-order valence-electron chi connectivity index (χ3n) is 4.66. The molecule has 1 nitrogen and oxygen atoms in total. The lowest BCUT2D eigenvalue weighted by atomic mass is 9.94. The van der Waals surface area contributed by atoms with E-state index in [1.807, 2.05) is 42.5 Å². The molecule has 0 radical (unpaired) electrons. The predicted octanol–water partition coefficient (Wildman–Crippen LogP) is 6.35. The fraction of sp³-hybridized carbons (Fsp3) is 0. The van der Waals surface area contributed by atoms with Gasteiger partial charge in [0.25, 0.3) is 0 Å². The number of hydrogen-bond donors (Lipinski definition) is 0. The van der Waals surface area contributed by atoms with Crippen molar-refractivity contribution >= 4 is 32.6 Å². The first-order valence-corrected chi connectivity index (χ1v) is 8.27. The lowest BCUT2D eigenvalue weighted by molar-refractivity contribution is 0.630. The van der Waals surface area contributed by atoms with Gasteiger partial charge in [0.05, 0.1) is 11.0 Å². The molecule has 5 rings (SSSR count). The molecule has 0 fully saturated rings. The summed E-state index contributed by atoms with van der Waals surface area (Å²) in [5.41, 5.74) is 3.97. The van der Waals surface area contributed by atoms with E-state index in [9.17, 15) is 4.39 Å². The number of halogens is 1. The average Bonchev–Trinajstić information content (AvgIpc) is 2.66. The first-order chi connectivity index (χ1) is 12.3. The van der Waals surface area contributed by atoms with Crippen molar-refractivity contribution in [3.8, 4) is 11.1 Å². The van der Waals surface area contributed by atoms with Gasteiger partial charge in [-0.25, -0.2) is 9.37 Å². The molecule has 118 valence electrons. The van der Waals surface area contributed by atoms with E-state index in [-0.39, 0.29) is 5.82 Å². The molecule has 0 saturated heterocycles. The lowest BCUT2D eigenvalue weighted by Crippen LogP contribution is -1.89. The van der Waals surface area contributed by atoms with Crippen LogP contribution in [0.3, 0.4) is 0 Å². The Balaban J connectivity index is 1.98. The first-order valence-electron chi connectivity index (χ1n) is 8.27. The van der Waals surface area contributed by atoms with Gasteiger partial charge < -0.3 is 0 Å². The molecule has 0 saturated carbocycles. The molecule has 0 atom stereocenters. The molecule has 1 aromatic heterocycles. The zero-order valence-electron chi connectivity index (χ0n) is 13.4. The molecule has 2 heteroatoms. The van der Waals surface area contributed by atoms with Gasteiger partial charge in [0.1, 0.15) is 5.82 Å². The lowest BCUT2D eigenvalue weighted by Gasteiger charge is -2.11. The Morgan fingerprint density at radius 1 is 0.640 bits per heavy atom. The maximum Gasteiger partial charge on any atom is 0.123 e. The Bertz CT molecular complexity index is 1240. The standard InChI is InChI=1S/C23H14FN/c24-18-10-11-19-21(14-18)20(15-6-2-1-3-7-15)13-17-12-16-8-4-5-9-22(16)25-23(17)19/h1-14H. The molecule has 0 aliphatic carbocycles. The minimum Gasteiger partial charge on any atom is -0.247 e. The fourth-order valence-corrected chi connectivity index (χ4v) is 3.49. The molecule has 1 heterocycles. The molecule has 0 spiro atoms. The van der Waals surface area contributed by atoms with Crippen LogP contribution in [0.15, 0.2) is 84.9 Å². The van der Waals surface area contributed by atoms with Crippen molar-refractivity contribution in [1.82, 2.24) is 4.98 Å². The van der Waals surface area contributed by atoms with Gasteiger partial charge in [-0.1, -0.05) is 48.5 Å². The van der Waals surface area contributed by atoms with Crippen LogP contribution in [0.5, 0.6) is 0 Å². The number of fused-ring (bicyclic) bond motifs is 4. The van der Waals surface area contributed by atoms with Crippen molar-refractivity contribution in [2.24, 2.45) is 0 Å². The van der Waals surface area contributed by atoms with Gasteiger partial charge in [0.2, 0.25) is 0 Å². The zero-order chi connectivity index (χ0) is 16.8. The molecule has 0 N–H and O–H groups in total. The van der Waals surface area contributed by atoms with E-state index in [0.29, 0.717) is 0 Å². The normalized spacial score (nSPS) is 11.4. The second-order valence-corrected chi connectivity index (χ2v) is 6.23. The Kier molecular flexibility index (Phi) is 3.04. The third kappa shape index (κ3) is 2.26. The number of aromatic nitrogens is 1. The van der Waals surface area contributed by atoms with E-state index in [2.05, 4.69) is 30.3 Å². The summed E-state index contributed by atoms with van der Waals surface area (Å²) in [6.45, 7) is 0. The Hall–Kier alpha value is -3.26. The van der Waals surface area contributed by atoms with Crippen LogP contribution in [0.2, 0.25) is 0 Å². The van der Waals surface area contributed by atoms with Crippen LogP contribution in [0.25, 0.3) is 43.7 Å². The maximum atomic E-state index is 14.0. The largest absolute Gasteiger partial charge is 0.247 e. The average molecular weight is 323 g/mol. The van der Waals surface area contributed by atoms with Crippen molar-refractivity contribution in [3.05, 3.63) is 90.7 Å². The van der Waals surface area contributed by atoms with Crippen molar-refractivity contribution in [3.63, 3.8) is 0 Å². The van der Waals surface area contributed by atoms with Gasteiger partial charge in [0, 0.05) is 16.2 Å². The topological polar surface area (TPSA) is 12.9 Å². The van der Waals surface area contributed by atoms with Gasteiger partial charge >= 0.3 is 0 Å². The monoisotopic (exact) mass is 323 g/mol. The molecule has 4 aromatic carbocycles. The molecule has 0 amide bonds. The van der Waals surface area contributed by atoms with Crippen molar-refractivity contribution in [2.75, 3.05) is 0 Å². The van der Waals surface area contributed by atoms with Crippen LogP contribution < -0.4 is 0 Å². The molecular formula is C23H14FN. The molecule has 25 heavy (non-hydrogen) atoms. The zero-order valence-corrected chi connectivity index (χ0v) is 13.4. The number of nitrogens with zero attached hydrogens (tertiary/aromatic N) is 1. The number of benzene rings is 4. The van der Waals surface area contributed by atoms with Gasteiger partial charge in [0.15, 0.2) is 0 Å². The molecule has 0 aliphatic heterocycles. The summed E-state index contributed by atoms with van der Waals surface area (Å²) in [5.74, 6) is -0.232. The second kappa shape index (κ2) is 5.38. The predicted molar refractivity (Wildman–Crippen MR) is 102 cm³/mol. The van der Waals surface area contributed by atoms with Gasteiger partial charge in [-0.2, -0.15) is 0 Å². The summed E-state index contributed by atoms with van der Waals surface area (Å²) in [5, 5.41) is 4.04. The van der Waals surface area contributed by atoms with Crippen LogP contribution in [0.4, 0.5) is 4.39 Å². The number of pyridine rings is 1. The van der Waals surface area contributed by atoms with E-state index in [1.165, 1.54) is 6.07 Å². The Labute approximate surface area is 144 Å². The molecule has 5 aromatic rings. The highest BCUT2D eigenvalue weighted by Crippen LogP contribution is 2.35. The van der Waals surface area contributed by atoms with Crippen molar-refractivity contribution < 1.29 is 4.39 Å². The Morgan fingerprint density at radius 3 is 2.32 bits per heavy atom. The van der Waals surface area contributed by atoms with Crippen LogP contribution >= 0.6 is 0 Å². The van der Waals surface area contributed by atoms with Gasteiger partial charge in [-0.15, -0.1) is 0 Å². The molecular weight excluding hydrogens is 309 g/mol. The van der Waals surface area contributed by atoms with E-state index in [4.69, 9.17) is 4.98 Å². The smallest absolute Gasteiger partial charge is 0.123 e. The van der Waals surface area contributed by atoms with Gasteiger partial charge in [-0.05, 0) is 52.9 Å². The van der Waals surface area contributed by atoms with Crippen LogP contribution in [-0.4, -0.2) is 4.98 Å². The minimum absolute atomic E-state index is 0.232. The van der Waals surface area contributed by atoms with E-state index in [0.717, 1.165) is 43.7 Å². The number of para-hydroxylation sites is 1. The highest BCUT2D eigenvalue weighted by atomic mass is 19.1. The third-order valence-corrected chi connectivity index (χ3v) is 4.66. The van der Waals surface area contributed by atoms with Crippen LogP contribution in [-0.2, 0) is 0 Å². The van der Waals surface area contributed by atoms with Crippen LogP contribution in [0.1, 0.15) is 0 Å². The maximum absolute atomic E-state index is 14.0. The van der Waals surface area contributed by atoms with Gasteiger partial charge in [-0.3, -0.25) is 0 Å². The van der Waals surface area contributed by atoms with E-state index >= 15 is 0 Å². The summed E-state index contributed by atoms with van der Waals surface area (Å²) in [7, 11) is 0. The summed E-state index contributed by atoms with van der Waals surface area (Å²) >= 11 is 0. The Morgan fingerprint density at radius 2 is 1.44 bits per heavy atom. The molecule has 0 aliphatic rings. The molecule has 0 unspecified atom stereocenters. The second-order valence-electron chi connectivity index (χ2n) is 6.23. The quantitative estimate of drug-likeness (QED) is 0.259. The fourth-order valence-electron chi connectivity index (χ4n) is 3.49. The summed E-state index contributed by atoms with van der Waals surface area (Å²) in [4.78, 5) is 4.85. The summed E-state index contributed by atoms with van der Waals surface area (Å²) < 4.78 is 14.0. The van der Waals surface area contributed by atoms with Crippen LogP contribution in [0, 0.1) is 5.82 Å². The minimum atomic E-state index is -0.232. The number of hydrogen-bond acceptors (Lipinski definition) is 1. The van der Waals surface area contributed by atoms with E-state index in [1.54, 1.807) is 6.07 Å².